The highest BCUT2D eigenvalue weighted by Crippen LogP contribution is 2.27. The second kappa shape index (κ2) is 7.87. The highest BCUT2D eigenvalue weighted by atomic mass is 16.1. The van der Waals surface area contributed by atoms with Crippen LogP contribution in [0.15, 0.2) is 47.5 Å². The summed E-state index contributed by atoms with van der Waals surface area (Å²) >= 11 is 0. The number of rotatable bonds is 6. The van der Waals surface area contributed by atoms with E-state index in [-0.39, 0.29) is 17.7 Å². The Hall–Kier alpha value is -3.48. The molecule has 29 heavy (non-hydrogen) atoms. The summed E-state index contributed by atoms with van der Waals surface area (Å²) in [7, 11) is 1.95. The van der Waals surface area contributed by atoms with E-state index < -0.39 is 0 Å². The first-order chi connectivity index (χ1) is 14.0. The minimum atomic E-state index is -0.115. The number of anilines is 1. The molecule has 1 heterocycles. The van der Waals surface area contributed by atoms with Gasteiger partial charge in [0.2, 0.25) is 0 Å². The summed E-state index contributed by atoms with van der Waals surface area (Å²) in [6, 6.07) is 13.0. The third-order valence-corrected chi connectivity index (χ3v) is 5.45. The van der Waals surface area contributed by atoms with Crippen molar-refractivity contribution >= 4 is 34.7 Å². The first-order valence-corrected chi connectivity index (χ1v) is 9.68. The van der Waals surface area contributed by atoms with Gasteiger partial charge in [0.05, 0.1) is 17.6 Å². The van der Waals surface area contributed by atoms with E-state index in [2.05, 4.69) is 15.3 Å². The number of nitrogens with one attached hydrogen (secondary N) is 1. The molecule has 1 aliphatic carbocycles. The zero-order valence-electron chi connectivity index (χ0n) is 16.3. The summed E-state index contributed by atoms with van der Waals surface area (Å²) in [4.78, 5) is 31.6. The Bertz CT molecular complexity index is 1090. The largest absolute Gasteiger partial charge is 0.383 e. The Kier molecular flexibility index (Phi) is 5.12. The van der Waals surface area contributed by atoms with Crippen molar-refractivity contribution in [1.82, 2.24) is 9.55 Å². The van der Waals surface area contributed by atoms with Gasteiger partial charge in [0, 0.05) is 29.8 Å². The minimum absolute atomic E-state index is 0.0467. The third-order valence-electron chi connectivity index (χ3n) is 5.45. The van der Waals surface area contributed by atoms with Gasteiger partial charge >= 0.3 is 0 Å². The highest BCUT2D eigenvalue weighted by Gasteiger charge is 2.25. The summed E-state index contributed by atoms with van der Waals surface area (Å²) in [5, 5.41) is 3.33. The minimum Gasteiger partial charge on any atom is -0.383 e. The number of nitrogens with zero attached hydrogens (tertiary/aromatic N) is 3. The molecule has 1 amide bonds. The standard InChI is InChI=1S/C22H23N5O2/c1-27-19-10-5-14(13-28)11-18(19)25-20(27)12-24-17-8-6-15(7-9-17)21(23)26-22(29)16-3-2-4-16/h5-11,13,16,24H,2-4,12H2,1H3,(H2,23,26,29). The number of benzene rings is 2. The summed E-state index contributed by atoms with van der Waals surface area (Å²) in [6.07, 6.45) is 3.74. The Labute approximate surface area is 168 Å². The molecule has 0 bridgehead atoms. The van der Waals surface area contributed by atoms with Gasteiger partial charge in [0.15, 0.2) is 0 Å². The van der Waals surface area contributed by atoms with Crippen molar-refractivity contribution < 1.29 is 9.59 Å². The van der Waals surface area contributed by atoms with E-state index in [1.54, 1.807) is 12.1 Å². The predicted octanol–water partition coefficient (Wildman–Crippen LogP) is 3.03. The molecule has 1 saturated carbocycles. The van der Waals surface area contributed by atoms with E-state index in [4.69, 9.17) is 5.73 Å². The maximum atomic E-state index is 12.0. The summed E-state index contributed by atoms with van der Waals surface area (Å²) in [5.41, 5.74) is 10.0. The second-order valence-electron chi connectivity index (χ2n) is 7.35. The first kappa shape index (κ1) is 18.9. The molecule has 3 N–H and O–H groups in total. The third kappa shape index (κ3) is 3.89. The van der Waals surface area contributed by atoms with Gasteiger partial charge in [-0.1, -0.05) is 6.42 Å². The number of amides is 1. The fourth-order valence-electron chi connectivity index (χ4n) is 3.37. The Morgan fingerprint density at radius 2 is 2.03 bits per heavy atom. The molecule has 0 atom stereocenters. The number of aromatic nitrogens is 2. The molecule has 7 heteroatoms. The molecule has 1 aliphatic rings. The van der Waals surface area contributed by atoms with Crippen molar-refractivity contribution in [2.24, 2.45) is 23.7 Å². The summed E-state index contributed by atoms with van der Waals surface area (Å²) < 4.78 is 2.00. The lowest BCUT2D eigenvalue weighted by Gasteiger charge is -2.21. The molecule has 0 radical (unpaired) electrons. The van der Waals surface area contributed by atoms with Crippen LogP contribution in [-0.4, -0.2) is 27.6 Å². The lowest BCUT2D eigenvalue weighted by Crippen LogP contribution is -2.24. The lowest BCUT2D eigenvalue weighted by molar-refractivity contribution is -0.123. The molecular formula is C22H23N5O2. The zero-order valence-corrected chi connectivity index (χ0v) is 16.3. The number of aliphatic imine (C=N–C) groups is 1. The Morgan fingerprint density at radius 1 is 1.28 bits per heavy atom. The number of carbonyl (C=O) groups excluding carboxylic acids is 2. The van der Waals surface area contributed by atoms with Gasteiger partial charge in [0.1, 0.15) is 17.9 Å². The van der Waals surface area contributed by atoms with Crippen LogP contribution in [0.4, 0.5) is 5.69 Å². The quantitative estimate of drug-likeness (QED) is 0.383. The van der Waals surface area contributed by atoms with Crippen LogP contribution >= 0.6 is 0 Å². The molecule has 1 fully saturated rings. The van der Waals surface area contributed by atoms with E-state index in [1.165, 1.54) is 0 Å². The van der Waals surface area contributed by atoms with Crippen LogP contribution in [-0.2, 0) is 18.4 Å². The molecule has 0 saturated heterocycles. The van der Waals surface area contributed by atoms with Gasteiger partial charge in [-0.3, -0.25) is 9.59 Å². The number of imidazole rings is 1. The van der Waals surface area contributed by atoms with E-state index >= 15 is 0 Å². The molecule has 2 aromatic carbocycles. The normalized spacial score (nSPS) is 14.6. The Morgan fingerprint density at radius 3 is 2.69 bits per heavy atom. The van der Waals surface area contributed by atoms with Crippen molar-refractivity contribution in [3.63, 3.8) is 0 Å². The number of fused-ring (bicyclic) bond motifs is 1. The maximum Gasteiger partial charge on any atom is 0.250 e. The van der Waals surface area contributed by atoms with Crippen molar-refractivity contribution in [2.45, 2.75) is 25.8 Å². The van der Waals surface area contributed by atoms with Crippen LogP contribution in [0.5, 0.6) is 0 Å². The van der Waals surface area contributed by atoms with Crippen LogP contribution in [0.3, 0.4) is 0 Å². The fraction of sp³-hybridized carbons (Fsp3) is 0.273. The molecule has 148 valence electrons. The second-order valence-corrected chi connectivity index (χ2v) is 7.35. The van der Waals surface area contributed by atoms with E-state index in [9.17, 15) is 9.59 Å². The van der Waals surface area contributed by atoms with Gasteiger partial charge in [-0.05, 0) is 55.3 Å². The molecule has 7 nitrogen and oxygen atoms in total. The van der Waals surface area contributed by atoms with Gasteiger partial charge < -0.3 is 15.6 Å². The topological polar surface area (TPSA) is 102 Å². The van der Waals surface area contributed by atoms with E-state index in [0.29, 0.717) is 12.1 Å². The maximum absolute atomic E-state index is 12.0. The number of aryl methyl sites for hydroxylation is 1. The molecule has 0 unspecified atom stereocenters. The van der Waals surface area contributed by atoms with Crippen molar-refractivity contribution in [3.8, 4) is 0 Å². The first-order valence-electron chi connectivity index (χ1n) is 9.68. The fourth-order valence-corrected chi connectivity index (χ4v) is 3.37. The average Bonchev–Trinajstić information content (AvgIpc) is 3.00. The average molecular weight is 389 g/mol. The number of aldehydes is 1. The molecule has 0 aliphatic heterocycles. The summed E-state index contributed by atoms with van der Waals surface area (Å²) in [5.74, 6) is 1.05. The molecule has 0 spiro atoms. The van der Waals surface area contributed by atoms with Gasteiger partial charge in [-0.2, -0.15) is 4.99 Å². The zero-order chi connectivity index (χ0) is 20.4. The van der Waals surface area contributed by atoms with E-state index in [0.717, 1.165) is 53.7 Å². The SMILES string of the molecule is Cn1c(CNc2ccc(C(N)=NC(=O)C3CCC3)cc2)nc2cc(C=O)ccc21. The van der Waals surface area contributed by atoms with Crippen molar-refractivity contribution in [3.05, 3.63) is 59.4 Å². The van der Waals surface area contributed by atoms with Gasteiger partial charge in [-0.15, -0.1) is 0 Å². The van der Waals surface area contributed by atoms with Crippen LogP contribution < -0.4 is 11.1 Å². The number of nitrogens with two attached hydrogens (primary N) is 1. The van der Waals surface area contributed by atoms with Crippen LogP contribution in [0.25, 0.3) is 11.0 Å². The summed E-state index contributed by atoms with van der Waals surface area (Å²) in [6.45, 7) is 0.532. The van der Waals surface area contributed by atoms with Crippen molar-refractivity contribution in [2.75, 3.05) is 5.32 Å². The number of amidine groups is 1. The molecule has 1 aromatic heterocycles. The number of hydrogen-bond donors (Lipinski definition) is 2. The molecular weight excluding hydrogens is 366 g/mol. The van der Waals surface area contributed by atoms with Crippen LogP contribution in [0.2, 0.25) is 0 Å². The van der Waals surface area contributed by atoms with Crippen molar-refractivity contribution in [1.29, 1.82) is 0 Å². The highest BCUT2D eigenvalue weighted by molar-refractivity contribution is 6.04. The Balaban J connectivity index is 1.43. The number of carbonyl (C=O) groups is 2. The van der Waals surface area contributed by atoms with E-state index in [1.807, 2.05) is 41.9 Å². The van der Waals surface area contributed by atoms with Crippen LogP contribution in [0.1, 0.15) is 41.0 Å². The number of hydrogen-bond acceptors (Lipinski definition) is 4. The monoisotopic (exact) mass is 389 g/mol. The van der Waals surface area contributed by atoms with Crippen LogP contribution in [0, 0.1) is 5.92 Å². The van der Waals surface area contributed by atoms with Gasteiger partial charge in [-0.25, -0.2) is 4.98 Å². The lowest BCUT2D eigenvalue weighted by atomic mass is 9.85. The molecule has 3 aromatic rings. The van der Waals surface area contributed by atoms with Gasteiger partial charge in [0.25, 0.3) is 5.91 Å². The predicted molar refractivity (Wildman–Crippen MR) is 113 cm³/mol. The molecule has 4 rings (SSSR count). The smallest absolute Gasteiger partial charge is 0.250 e.